The van der Waals surface area contributed by atoms with Crippen LogP contribution < -0.4 is 15.9 Å². The molecule has 23 heavy (non-hydrogen) atoms. The first-order chi connectivity index (χ1) is 11.2. The molecule has 2 heterocycles. The van der Waals surface area contributed by atoms with Crippen LogP contribution in [0, 0.1) is 17.8 Å². The van der Waals surface area contributed by atoms with Gasteiger partial charge in [0.05, 0.1) is 0 Å². The largest absolute Gasteiger partial charge is 0.451 e. The number of H-pyrrole nitrogens is 1. The summed E-state index contributed by atoms with van der Waals surface area (Å²) in [5.41, 5.74) is -0.152. The zero-order valence-corrected chi connectivity index (χ0v) is 13.0. The van der Waals surface area contributed by atoms with E-state index < -0.39 is 5.63 Å². The van der Waals surface area contributed by atoms with Crippen LogP contribution in [0.1, 0.15) is 38.2 Å². The smallest absolute Gasteiger partial charge is 0.337 e. The van der Waals surface area contributed by atoms with Crippen molar-refractivity contribution in [3.8, 4) is 17.9 Å². The Morgan fingerprint density at radius 3 is 2.96 bits per heavy atom. The van der Waals surface area contributed by atoms with Crippen LogP contribution in [0.3, 0.4) is 0 Å². The van der Waals surface area contributed by atoms with Gasteiger partial charge in [-0.2, -0.15) is 4.98 Å². The van der Waals surface area contributed by atoms with Crippen LogP contribution in [-0.4, -0.2) is 16.6 Å². The van der Waals surface area contributed by atoms with Crippen molar-refractivity contribution in [3.63, 3.8) is 0 Å². The topological polar surface area (TPSA) is 85.2 Å². The van der Waals surface area contributed by atoms with Gasteiger partial charge in [-0.15, -0.1) is 5.92 Å². The number of nitrogens with zero attached hydrogens (tertiary/aromatic N) is 1. The summed E-state index contributed by atoms with van der Waals surface area (Å²) in [6.07, 6.45) is 4.84. The first-order valence-corrected chi connectivity index (χ1v) is 7.83. The molecule has 2 aromatic heterocycles. The molecule has 6 nitrogen and oxygen atoms in total. The van der Waals surface area contributed by atoms with Crippen LogP contribution in [0.2, 0.25) is 0 Å². The van der Waals surface area contributed by atoms with E-state index in [9.17, 15) is 9.59 Å². The van der Waals surface area contributed by atoms with Gasteiger partial charge in [0.2, 0.25) is 5.71 Å². The van der Waals surface area contributed by atoms with Crippen LogP contribution >= 0.6 is 0 Å². The van der Waals surface area contributed by atoms with Gasteiger partial charge in [0.25, 0.3) is 5.56 Å². The molecule has 0 unspecified atom stereocenters. The first-order valence-electron chi connectivity index (χ1n) is 7.83. The summed E-state index contributed by atoms with van der Waals surface area (Å²) in [5, 5.41) is 0.331. The quantitative estimate of drug-likeness (QED) is 0.853. The molecule has 0 saturated heterocycles. The van der Waals surface area contributed by atoms with Gasteiger partial charge in [-0.05, 0) is 24.3 Å². The number of aromatic amines is 1. The Kier molecular flexibility index (Phi) is 4.47. The predicted molar refractivity (Wildman–Crippen MR) is 85.5 cm³/mol. The highest BCUT2D eigenvalue weighted by molar-refractivity contribution is 5.75. The molecule has 3 rings (SSSR count). The second-order valence-corrected chi connectivity index (χ2v) is 5.62. The highest BCUT2D eigenvalue weighted by Gasteiger charge is 2.22. The lowest BCUT2D eigenvalue weighted by molar-refractivity contribution is 0.337. The molecule has 6 heteroatoms. The fourth-order valence-electron chi connectivity index (χ4n) is 2.44. The molecule has 0 amide bonds. The van der Waals surface area contributed by atoms with Crippen molar-refractivity contribution in [3.05, 3.63) is 32.4 Å². The highest BCUT2D eigenvalue weighted by atomic mass is 16.5. The minimum absolute atomic E-state index is 0.00963. The Morgan fingerprint density at radius 2 is 2.22 bits per heavy atom. The molecule has 1 fully saturated rings. The van der Waals surface area contributed by atoms with Crippen LogP contribution in [0.4, 0.5) is 0 Å². The summed E-state index contributed by atoms with van der Waals surface area (Å²) < 4.78 is 10.4. The maximum atomic E-state index is 12.3. The molecule has 0 aliphatic heterocycles. The van der Waals surface area contributed by atoms with Crippen molar-refractivity contribution >= 4 is 11.1 Å². The molecule has 1 aliphatic carbocycles. The average molecular weight is 314 g/mol. The van der Waals surface area contributed by atoms with Crippen LogP contribution in [-0.2, 0) is 6.42 Å². The van der Waals surface area contributed by atoms with E-state index in [-0.39, 0.29) is 23.9 Å². The third kappa shape index (κ3) is 3.81. The standard InChI is InChI=1S/C17H18N2O4/c1-2-3-4-9-22-17-18-15(21)14-12(8-7-11-5-6-11)10-13(20)23-16(14)19-17/h10-11H,2,5-9H2,1H3,(H,18,19,21). The first kappa shape index (κ1) is 15.3. The Balaban J connectivity index is 1.92. The molecule has 0 aromatic carbocycles. The number of nitrogens with one attached hydrogen (secondary N) is 1. The van der Waals surface area contributed by atoms with E-state index in [1.54, 1.807) is 0 Å². The minimum atomic E-state index is -0.502. The van der Waals surface area contributed by atoms with Crippen molar-refractivity contribution in [2.24, 2.45) is 5.92 Å². The van der Waals surface area contributed by atoms with E-state index >= 15 is 0 Å². The normalized spacial score (nSPS) is 13.6. The number of hydrogen-bond donors (Lipinski definition) is 1. The molecule has 0 bridgehead atoms. The Bertz CT molecular complexity index is 881. The Morgan fingerprint density at radius 1 is 1.39 bits per heavy atom. The number of aryl methyl sites for hydroxylation is 1. The van der Waals surface area contributed by atoms with Gasteiger partial charge in [-0.1, -0.05) is 25.7 Å². The number of aromatic nitrogens is 2. The van der Waals surface area contributed by atoms with Crippen LogP contribution in [0.15, 0.2) is 20.1 Å². The zero-order valence-electron chi connectivity index (χ0n) is 13.0. The van der Waals surface area contributed by atoms with Gasteiger partial charge < -0.3 is 9.15 Å². The van der Waals surface area contributed by atoms with E-state index in [2.05, 4.69) is 21.8 Å². The third-order valence-corrected chi connectivity index (χ3v) is 3.78. The number of ether oxygens (including phenoxy) is 1. The average Bonchev–Trinajstić information content (AvgIpc) is 3.33. The molecular weight excluding hydrogens is 296 g/mol. The summed E-state index contributed by atoms with van der Waals surface area (Å²) >= 11 is 0. The maximum absolute atomic E-state index is 12.3. The molecule has 0 radical (unpaired) electrons. The predicted octanol–water partition coefficient (Wildman–Crippen LogP) is 2.01. The number of rotatable bonds is 5. The molecular formula is C17H18N2O4. The highest BCUT2D eigenvalue weighted by Crippen LogP contribution is 2.33. The number of fused-ring (bicyclic) bond motifs is 1. The Hall–Kier alpha value is -2.55. The minimum Gasteiger partial charge on any atom is -0.451 e. The molecule has 1 saturated carbocycles. The van der Waals surface area contributed by atoms with Crippen molar-refractivity contribution in [1.29, 1.82) is 0 Å². The van der Waals surface area contributed by atoms with Crippen molar-refractivity contribution in [2.45, 2.75) is 39.0 Å². The molecule has 120 valence electrons. The van der Waals surface area contributed by atoms with E-state index in [0.717, 1.165) is 12.8 Å². The fraction of sp³-hybridized carbons (Fsp3) is 0.471. The molecule has 0 spiro atoms. The summed E-state index contributed by atoms with van der Waals surface area (Å²) in [6, 6.07) is 1.39. The monoisotopic (exact) mass is 314 g/mol. The van der Waals surface area contributed by atoms with Gasteiger partial charge in [0.1, 0.15) is 5.39 Å². The van der Waals surface area contributed by atoms with Crippen molar-refractivity contribution in [1.82, 2.24) is 9.97 Å². The SMILES string of the molecule is CCC#CCOc1nc2oc(=O)cc(CCC3CC3)c2c(=O)[nH]1. The summed E-state index contributed by atoms with van der Waals surface area (Å²) in [4.78, 5) is 30.7. The summed E-state index contributed by atoms with van der Waals surface area (Å²) in [7, 11) is 0. The molecule has 0 atom stereocenters. The zero-order chi connectivity index (χ0) is 16.2. The van der Waals surface area contributed by atoms with Gasteiger partial charge in [-0.3, -0.25) is 9.78 Å². The lowest BCUT2D eigenvalue weighted by Crippen LogP contribution is -2.15. The van der Waals surface area contributed by atoms with Crippen LogP contribution in [0.5, 0.6) is 6.01 Å². The molecule has 2 aromatic rings. The lowest BCUT2D eigenvalue weighted by atomic mass is 10.1. The van der Waals surface area contributed by atoms with E-state index in [1.165, 1.54) is 18.9 Å². The second-order valence-electron chi connectivity index (χ2n) is 5.62. The maximum Gasteiger partial charge on any atom is 0.337 e. The van der Waals surface area contributed by atoms with Crippen molar-refractivity contribution in [2.75, 3.05) is 6.61 Å². The van der Waals surface area contributed by atoms with E-state index in [1.807, 2.05) is 6.92 Å². The Labute approximate surface area is 132 Å². The number of hydrogen-bond acceptors (Lipinski definition) is 5. The van der Waals surface area contributed by atoms with Gasteiger partial charge in [0, 0.05) is 12.5 Å². The van der Waals surface area contributed by atoms with E-state index in [0.29, 0.717) is 23.3 Å². The van der Waals surface area contributed by atoms with E-state index in [4.69, 9.17) is 9.15 Å². The van der Waals surface area contributed by atoms with Crippen LogP contribution in [0.25, 0.3) is 11.1 Å². The third-order valence-electron chi connectivity index (χ3n) is 3.78. The van der Waals surface area contributed by atoms with Gasteiger partial charge in [0.15, 0.2) is 6.61 Å². The van der Waals surface area contributed by atoms with Gasteiger partial charge >= 0.3 is 11.6 Å². The summed E-state index contributed by atoms with van der Waals surface area (Å²) in [5.74, 6) is 6.35. The summed E-state index contributed by atoms with van der Waals surface area (Å²) in [6.45, 7) is 2.05. The molecule has 1 aliphatic rings. The molecule has 1 N–H and O–H groups in total. The van der Waals surface area contributed by atoms with Gasteiger partial charge in [-0.25, -0.2) is 4.79 Å². The lowest BCUT2D eigenvalue weighted by Gasteiger charge is -2.05. The second kappa shape index (κ2) is 6.69. The van der Waals surface area contributed by atoms with Crippen molar-refractivity contribution < 1.29 is 9.15 Å². The fourth-order valence-corrected chi connectivity index (χ4v) is 2.44.